The minimum atomic E-state index is -2.68. The van der Waals surface area contributed by atoms with E-state index in [1.54, 1.807) is 61.1 Å². The maximum atomic E-state index is 15.5. The van der Waals surface area contributed by atoms with Crippen LogP contribution in [0.2, 0.25) is 0 Å². The molecule has 0 spiro atoms. The standard InChI is InChI=1S/C50H55F3N9O5P/c1-8-68(66,9-2)41-13-11-35(26-38(41)54-7)59-20-21-60(48(59)65)44-42-31(6)58(19-16-37(42)56-62(44)36-22-28(3)43(51)29(4)23-36)45(63)40-25-34-24-33(32-14-17-49(52,53)18-15-32)10-12-39(34)61(40)50(27-30(50)5)46-55-47(64)67-57-46/h10-13,20-26,30-32,54H,8-9,14-19,27H2,1-7H3,(H,55,57,64)/t30-,31-,50-/m0/s1. The molecule has 2 saturated carbocycles. The molecule has 3 aliphatic rings. The molecule has 68 heavy (non-hydrogen) atoms. The molecular weight excluding hydrogens is 895 g/mol. The number of carbonyl (C=O) groups is 1. The fourth-order valence-electron chi connectivity index (χ4n) is 11.1. The first-order valence-electron chi connectivity index (χ1n) is 23.4. The van der Waals surface area contributed by atoms with Crippen molar-refractivity contribution in [3.8, 4) is 17.2 Å². The number of aryl methyl sites for hydroxylation is 2. The summed E-state index contributed by atoms with van der Waals surface area (Å²) in [7, 11) is -0.912. The Morgan fingerprint density at radius 3 is 2.28 bits per heavy atom. The summed E-state index contributed by atoms with van der Waals surface area (Å²) in [6, 6.07) is 15.9. The zero-order valence-electron chi connectivity index (χ0n) is 39.2. The smallest absolute Gasteiger partial charge is 0.387 e. The molecule has 0 radical (unpaired) electrons. The van der Waals surface area contributed by atoms with Crippen LogP contribution in [0.3, 0.4) is 0 Å². The van der Waals surface area contributed by atoms with Crippen molar-refractivity contribution in [3.63, 3.8) is 0 Å². The number of fused-ring (bicyclic) bond motifs is 2. The van der Waals surface area contributed by atoms with Gasteiger partial charge in [0.05, 0.1) is 23.1 Å². The van der Waals surface area contributed by atoms with Gasteiger partial charge in [-0.3, -0.25) is 23.4 Å². The van der Waals surface area contributed by atoms with E-state index in [0.29, 0.717) is 94.8 Å². The van der Waals surface area contributed by atoms with Crippen molar-refractivity contribution in [2.24, 2.45) is 5.92 Å². The van der Waals surface area contributed by atoms with Crippen molar-refractivity contribution in [1.82, 2.24) is 38.5 Å². The lowest BCUT2D eigenvalue weighted by molar-refractivity contribution is -0.0382. The maximum Gasteiger partial charge on any atom is 0.438 e. The lowest BCUT2D eigenvalue weighted by atomic mass is 9.82. The third-order valence-electron chi connectivity index (χ3n) is 15.1. The topological polar surface area (TPSA) is 158 Å². The number of benzene rings is 3. The normalized spacial score (nSPS) is 20.5. The third-order valence-corrected chi connectivity index (χ3v) is 18.4. The molecule has 2 fully saturated rings. The number of halogens is 3. The molecule has 0 saturated heterocycles. The molecule has 0 unspecified atom stereocenters. The van der Waals surface area contributed by atoms with Gasteiger partial charge in [-0.1, -0.05) is 32.0 Å². The van der Waals surface area contributed by atoms with Crippen molar-refractivity contribution >= 4 is 34.9 Å². The summed E-state index contributed by atoms with van der Waals surface area (Å²) in [5.74, 6) is -3.47. The predicted octanol–water partition coefficient (Wildman–Crippen LogP) is 9.11. The molecule has 1 aliphatic heterocycles. The van der Waals surface area contributed by atoms with Crippen molar-refractivity contribution in [3.05, 3.63) is 133 Å². The first-order valence-corrected chi connectivity index (χ1v) is 25.5. The van der Waals surface area contributed by atoms with Gasteiger partial charge in [0, 0.05) is 85.0 Å². The van der Waals surface area contributed by atoms with Gasteiger partial charge >= 0.3 is 11.4 Å². The van der Waals surface area contributed by atoms with Gasteiger partial charge in [-0.2, -0.15) is 5.10 Å². The quantitative estimate of drug-likeness (QED) is 0.122. The summed E-state index contributed by atoms with van der Waals surface area (Å²) in [5, 5.41) is 13.9. The number of rotatable bonds is 11. The number of alkyl halides is 2. The largest absolute Gasteiger partial charge is 0.438 e. The van der Waals surface area contributed by atoms with Crippen molar-refractivity contribution in [2.45, 2.75) is 103 Å². The SMILES string of the molecule is CCP(=O)(CC)c1ccc(-n2ccn(-c3c4c(nn3-c3cc(C)c(F)c(C)c3)CCN(C(=O)c3cc5cc(C6CCC(F)(F)CC6)ccc5n3[C@@]3(c5noc(=O)[nH]5)C[C@@H]3C)[C@H]4C)c2=O)cc1NC. The van der Waals surface area contributed by atoms with Crippen LogP contribution < -0.4 is 22.1 Å². The van der Waals surface area contributed by atoms with E-state index in [4.69, 9.17) is 9.62 Å². The molecular formula is C50H55F3N9O5P. The highest BCUT2D eigenvalue weighted by atomic mass is 31.2. The molecule has 5 heterocycles. The molecule has 7 aromatic rings. The number of amides is 1. The Balaban J connectivity index is 1.10. The van der Waals surface area contributed by atoms with E-state index in [9.17, 15) is 22.9 Å². The van der Waals surface area contributed by atoms with Crippen LogP contribution in [0, 0.1) is 25.6 Å². The molecule has 10 rings (SSSR count). The summed E-state index contributed by atoms with van der Waals surface area (Å²) in [6.45, 7) is 11.4. The van der Waals surface area contributed by atoms with Crippen LogP contribution in [0.4, 0.5) is 18.9 Å². The molecule has 18 heteroatoms. The Morgan fingerprint density at radius 2 is 1.65 bits per heavy atom. The van der Waals surface area contributed by atoms with E-state index in [1.165, 1.54) is 9.13 Å². The zero-order valence-corrected chi connectivity index (χ0v) is 40.1. The summed E-state index contributed by atoms with van der Waals surface area (Å²) in [4.78, 5) is 47.3. The molecule has 3 aromatic carbocycles. The number of nitrogens with zero attached hydrogens (tertiary/aromatic N) is 7. The highest BCUT2D eigenvalue weighted by Crippen LogP contribution is 2.56. The molecule has 2 aliphatic carbocycles. The van der Waals surface area contributed by atoms with Gasteiger partial charge < -0.3 is 19.3 Å². The summed E-state index contributed by atoms with van der Waals surface area (Å²) < 4.78 is 69.1. The summed E-state index contributed by atoms with van der Waals surface area (Å²) in [6.07, 6.45) is 5.54. The zero-order chi connectivity index (χ0) is 48.2. The number of aromatic amines is 1. The molecule has 1 amide bonds. The van der Waals surface area contributed by atoms with E-state index < -0.39 is 36.1 Å². The van der Waals surface area contributed by atoms with Gasteiger partial charge in [-0.05, 0) is 117 Å². The summed E-state index contributed by atoms with van der Waals surface area (Å²) in [5.41, 5.74) is 4.52. The number of hydrogen-bond acceptors (Lipinski definition) is 8. The van der Waals surface area contributed by atoms with E-state index in [0.717, 1.165) is 21.8 Å². The van der Waals surface area contributed by atoms with Gasteiger partial charge in [0.25, 0.3) is 5.91 Å². The number of nitrogens with one attached hydrogen (secondary N) is 2. The van der Waals surface area contributed by atoms with E-state index >= 15 is 9.18 Å². The molecule has 4 aromatic heterocycles. The molecule has 0 bridgehead atoms. The second-order valence-electron chi connectivity index (χ2n) is 19.0. The number of H-pyrrole nitrogens is 1. The van der Waals surface area contributed by atoms with E-state index in [-0.39, 0.29) is 42.9 Å². The minimum Gasteiger partial charge on any atom is -0.387 e. The Morgan fingerprint density at radius 1 is 0.956 bits per heavy atom. The lowest BCUT2D eigenvalue weighted by Crippen LogP contribution is -2.41. The highest BCUT2D eigenvalue weighted by Gasteiger charge is 2.59. The highest BCUT2D eigenvalue weighted by molar-refractivity contribution is 7.71. The second kappa shape index (κ2) is 16.4. The predicted molar refractivity (Wildman–Crippen MR) is 255 cm³/mol. The lowest BCUT2D eigenvalue weighted by Gasteiger charge is -2.34. The van der Waals surface area contributed by atoms with Crippen LogP contribution >= 0.6 is 7.14 Å². The molecule has 356 valence electrons. The van der Waals surface area contributed by atoms with Crippen LogP contribution in [-0.4, -0.2) is 76.3 Å². The number of anilines is 1. The Hall–Kier alpha value is -6.35. The molecule has 3 atom stereocenters. The fourth-order valence-corrected chi connectivity index (χ4v) is 13.2. The third kappa shape index (κ3) is 7.13. The first-order chi connectivity index (χ1) is 32.4. The minimum absolute atomic E-state index is 0.0532. The number of aromatic nitrogens is 7. The van der Waals surface area contributed by atoms with Crippen LogP contribution in [-0.2, 0) is 16.5 Å². The average molecular weight is 950 g/mol. The fraction of sp³-hybridized carbons (Fsp3) is 0.420. The van der Waals surface area contributed by atoms with Gasteiger partial charge in [-0.15, -0.1) is 0 Å². The second-order valence-corrected chi connectivity index (χ2v) is 22.5. The van der Waals surface area contributed by atoms with Gasteiger partial charge in [0.2, 0.25) is 5.92 Å². The van der Waals surface area contributed by atoms with E-state index in [1.807, 2.05) is 68.7 Å². The number of hydrogen-bond donors (Lipinski definition) is 2. The molecule has 2 N–H and O–H groups in total. The number of carbonyl (C=O) groups excluding carboxylic acids is 1. The van der Waals surface area contributed by atoms with Crippen molar-refractivity contribution in [1.29, 1.82) is 0 Å². The first kappa shape index (κ1) is 45.4. The Kier molecular flexibility index (Phi) is 11.0. The van der Waals surface area contributed by atoms with Crippen LogP contribution in [0.25, 0.3) is 28.1 Å². The Bertz CT molecular complexity index is 3300. The number of imidazole rings is 1. The van der Waals surface area contributed by atoms with E-state index in [2.05, 4.69) is 15.5 Å². The van der Waals surface area contributed by atoms with Crippen LogP contribution in [0.15, 0.2) is 81.1 Å². The molecule has 14 nitrogen and oxygen atoms in total. The van der Waals surface area contributed by atoms with Crippen LogP contribution in [0.1, 0.15) is 116 Å². The van der Waals surface area contributed by atoms with Crippen LogP contribution in [0.5, 0.6) is 0 Å². The summed E-state index contributed by atoms with van der Waals surface area (Å²) >= 11 is 0. The van der Waals surface area contributed by atoms with Crippen molar-refractivity contribution < 1.29 is 27.1 Å². The van der Waals surface area contributed by atoms with Gasteiger partial charge in [-0.25, -0.2) is 27.4 Å². The monoisotopic (exact) mass is 949 g/mol. The van der Waals surface area contributed by atoms with Gasteiger partial charge in [0.1, 0.15) is 30.0 Å². The average Bonchev–Trinajstić information content (AvgIpc) is 3.82. The van der Waals surface area contributed by atoms with Crippen molar-refractivity contribution in [2.75, 3.05) is 31.2 Å². The Labute approximate surface area is 390 Å². The van der Waals surface area contributed by atoms with Gasteiger partial charge in [0.15, 0.2) is 5.82 Å². The maximum absolute atomic E-state index is 15.5.